The number of hydrogen-bond acceptors (Lipinski definition) is 4. The highest BCUT2D eigenvalue weighted by atomic mass is 32.2. The Hall–Kier alpha value is -2.32. The molecule has 0 spiro atoms. The second kappa shape index (κ2) is 8.58. The Bertz CT molecular complexity index is 901. The normalized spacial score (nSPS) is 14.1. The van der Waals surface area contributed by atoms with E-state index in [1.165, 1.54) is 22.9 Å². The first-order valence-corrected chi connectivity index (χ1v) is 10.4. The molecule has 1 unspecified atom stereocenters. The molecule has 140 valence electrons. The monoisotopic (exact) mass is 379 g/mol. The number of carbonyl (C=O) groups excluding carboxylic acids is 1. The molecular formula is C22H25N3OS. The molecule has 1 N–H and O–H groups in total. The molecule has 1 aliphatic rings. The van der Waals surface area contributed by atoms with Crippen LogP contribution in [0.5, 0.6) is 0 Å². The minimum absolute atomic E-state index is 0.0436. The topological polar surface area (TPSA) is 65.8 Å². The van der Waals surface area contributed by atoms with E-state index in [0.29, 0.717) is 17.0 Å². The third kappa shape index (κ3) is 4.51. The van der Waals surface area contributed by atoms with Crippen LogP contribution in [0.3, 0.4) is 0 Å². The number of rotatable bonds is 5. The Morgan fingerprint density at radius 3 is 2.78 bits per heavy atom. The average Bonchev–Trinajstić information content (AvgIpc) is 2.67. The summed E-state index contributed by atoms with van der Waals surface area (Å²) in [6.45, 7) is 6.02. The van der Waals surface area contributed by atoms with Crippen molar-refractivity contribution in [2.24, 2.45) is 0 Å². The molecule has 1 atom stereocenters. The number of fused-ring (bicyclic) bond motifs is 1. The lowest BCUT2D eigenvalue weighted by atomic mass is 9.95. The van der Waals surface area contributed by atoms with Crippen molar-refractivity contribution in [1.82, 2.24) is 4.98 Å². The number of pyridine rings is 1. The second-order valence-electron chi connectivity index (χ2n) is 7.09. The first-order chi connectivity index (χ1) is 13.0. The molecule has 1 aromatic carbocycles. The van der Waals surface area contributed by atoms with Crippen LogP contribution in [-0.2, 0) is 17.6 Å². The maximum Gasteiger partial charge on any atom is 0.237 e. The first kappa shape index (κ1) is 19.4. The molecule has 0 saturated carbocycles. The molecule has 0 bridgehead atoms. The summed E-state index contributed by atoms with van der Waals surface area (Å²) in [6, 6.07) is 10.2. The summed E-state index contributed by atoms with van der Waals surface area (Å²) in [7, 11) is 0. The van der Waals surface area contributed by atoms with E-state index in [1.807, 2.05) is 39.0 Å². The third-order valence-corrected chi connectivity index (χ3v) is 6.31. The SMILES string of the molecule is CCC(Sc1nc2c(cc1C#N)CCCC2)C(=O)Nc1ccc(C)cc1C. The van der Waals surface area contributed by atoms with E-state index in [9.17, 15) is 10.1 Å². The fourth-order valence-corrected chi connectivity index (χ4v) is 4.41. The van der Waals surface area contributed by atoms with E-state index >= 15 is 0 Å². The number of amides is 1. The van der Waals surface area contributed by atoms with Gasteiger partial charge in [0.1, 0.15) is 11.1 Å². The number of aromatic nitrogens is 1. The molecule has 5 heteroatoms. The van der Waals surface area contributed by atoms with E-state index in [2.05, 4.69) is 17.5 Å². The standard InChI is InChI=1S/C22H25N3OS/c1-4-20(21(26)24-18-10-9-14(2)11-15(18)3)27-22-17(13-23)12-16-7-5-6-8-19(16)25-22/h9-12,20H,4-8H2,1-3H3,(H,24,26). The third-order valence-electron chi connectivity index (χ3n) is 4.94. The molecule has 0 radical (unpaired) electrons. The van der Waals surface area contributed by atoms with E-state index in [-0.39, 0.29) is 11.2 Å². The van der Waals surface area contributed by atoms with Crippen LogP contribution < -0.4 is 5.32 Å². The van der Waals surface area contributed by atoms with Gasteiger partial charge in [-0.1, -0.05) is 36.4 Å². The molecule has 1 aliphatic carbocycles. The molecular weight excluding hydrogens is 354 g/mol. The molecule has 1 heterocycles. The Morgan fingerprint density at radius 1 is 1.30 bits per heavy atom. The van der Waals surface area contributed by atoms with Gasteiger partial charge >= 0.3 is 0 Å². The number of carbonyl (C=O) groups is 1. The molecule has 0 saturated heterocycles. The van der Waals surface area contributed by atoms with E-state index < -0.39 is 0 Å². The van der Waals surface area contributed by atoms with Crippen LogP contribution in [0.25, 0.3) is 0 Å². The number of hydrogen-bond donors (Lipinski definition) is 1. The van der Waals surface area contributed by atoms with Gasteiger partial charge in [0.25, 0.3) is 0 Å². The maximum absolute atomic E-state index is 12.8. The van der Waals surface area contributed by atoms with Gasteiger partial charge in [0.2, 0.25) is 5.91 Å². The Balaban J connectivity index is 1.80. The Kier molecular flexibility index (Phi) is 6.18. The van der Waals surface area contributed by atoms with E-state index in [4.69, 9.17) is 4.98 Å². The van der Waals surface area contributed by atoms with E-state index in [1.54, 1.807) is 0 Å². The molecule has 27 heavy (non-hydrogen) atoms. The van der Waals surface area contributed by atoms with Crippen LogP contribution >= 0.6 is 11.8 Å². The second-order valence-corrected chi connectivity index (χ2v) is 8.28. The van der Waals surface area contributed by atoms with Gasteiger partial charge in [0, 0.05) is 11.4 Å². The number of nitrogens with one attached hydrogen (secondary N) is 1. The van der Waals surface area contributed by atoms with Crippen LogP contribution in [0.15, 0.2) is 29.3 Å². The van der Waals surface area contributed by atoms with Crippen molar-refractivity contribution in [3.63, 3.8) is 0 Å². The van der Waals surface area contributed by atoms with Crippen molar-refractivity contribution in [2.45, 2.75) is 63.2 Å². The smallest absolute Gasteiger partial charge is 0.237 e. The Morgan fingerprint density at radius 2 is 2.07 bits per heavy atom. The highest BCUT2D eigenvalue weighted by Crippen LogP contribution is 2.31. The predicted molar refractivity (Wildman–Crippen MR) is 110 cm³/mol. The van der Waals surface area contributed by atoms with Crippen LogP contribution in [0.2, 0.25) is 0 Å². The zero-order valence-electron chi connectivity index (χ0n) is 16.1. The molecule has 2 aromatic rings. The van der Waals surface area contributed by atoms with Gasteiger partial charge in [-0.05, 0) is 69.2 Å². The van der Waals surface area contributed by atoms with Gasteiger partial charge in [-0.3, -0.25) is 4.79 Å². The van der Waals surface area contributed by atoms with Crippen molar-refractivity contribution < 1.29 is 4.79 Å². The minimum Gasteiger partial charge on any atom is -0.325 e. The highest BCUT2D eigenvalue weighted by molar-refractivity contribution is 8.00. The predicted octanol–water partition coefficient (Wildman–Crippen LogP) is 4.96. The lowest BCUT2D eigenvalue weighted by molar-refractivity contribution is -0.115. The lowest BCUT2D eigenvalue weighted by Gasteiger charge is -2.19. The number of nitrogens with zero attached hydrogens (tertiary/aromatic N) is 2. The van der Waals surface area contributed by atoms with E-state index in [0.717, 1.165) is 42.6 Å². The van der Waals surface area contributed by atoms with Crippen molar-refractivity contribution >= 4 is 23.4 Å². The largest absolute Gasteiger partial charge is 0.325 e. The van der Waals surface area contributed by atoms with Crippen LogP contribution in [0.4, 0.5) is 5.69 Å². The number of nitriles is 1. The minimum atomic E-state index is -0.285. The van der Waals surface area contributed by atoms with Crippen LogP contribution in [0.1, 0.15) is 54.1 Å². The zero-order chi connectivity index (χ0) is 19.4. The van der Waals surface area contributed by atoms with Gasteiger partial charge in [0.05, 0.1) is 10.8 Å². The summed E-state index contributed by atoms with van der Waals surface area (Å²) in [5, 5.41) is 13.0. The van der Waals surface area contributed by atoms with Crippen molar-refractivity contribution in [3.8, 4) is 6.07 Å². The quantitative estimate of drug-likeness (QED) is 0.746. The first-order valence-electron chi connectivity index (χ1n) is 9.49. The molecule has 1 amide bonds. The summed E-state index contributed by atoms with van der Waals surface area (Å²) in [4.78, 5) is 17.6. The maximum atomic E-state index is 12.8. The molecule has 3 rings (SSSR count). The lowest BCUT2D eigenvalue weighted by Crippen LogP contribution is -2.25. The van der Waals surface area contributed by atoms with Crippen molar-refractivity contribution in [2.75, 3.05) is 5.32 Å². The summed E-state index contributed by atoms with van der Waals surface area (Å²) >= 11 is 1.40. The van der Waals surface area contributed by atoms with Gasteiger partial charge in [-0.15, -0.1) is 0 Å². The number of aryl methyl sites for hydroxylation is 4. The van der Waals surface area contributed by atoms with Gasteiger partial charge in [0.15, 0.2) is 0 Å². The van der Waals surface area contributed by atoms with Crippen LogP contribution in [-0.4, -0.2) is 16.1 Å². The summed E-state index contributed by atoms with van der Waals surface area (Å²) in [5.41, 5.74) is 5.92. The zero-order valence-corrected chi connectivity index (χ0v) is 16.9. The fourth-order valence-electron chi connectivity index (χ4n) is 3.41. The Labute approximate surface area is 165 Å². The summed E-state index contributed by atoms with van der Waals surface area (Å²) in [6.07, 6.45) is 4.92. The van der Waals surface area contributed by atoms with Crippen molar-refractivity contribution in [3.05, 3.63) is 52.2 Å². The summed E-state index contributed by atoms with van der Waals surface area (Å²) in [5.74, 6) is -0.0436. The van der Waals surface area contributed by atoms with Crippen LogP contribution in [0, 0.1) is 25.2 Å². The molecule has 1 aromatic heterocycles. The summed E-state index contributed by atoms with van der Waals surface area (Å²) < 4.78 is 0. The number of thioether (sulfide) groups is 1. The molecule has 0 aliphatic heterocycles. The molecule has 0 fully saturated rings. The van der Waals surface area contributed by atoms with Gasteiger partial charge < -0.3 is 5.32 Å². The van der Waals surface area contributed by atoms with Gasteiger partial charge in [-0.25, -0.2) is 4.98 Å². The number of benzene rings is 1. The van der Waals surface area contributed by atoms with Crippen molar-refractivity contribution in [1.29, 1.82) is 5.26 Å². The fraction of sp³-hybridized carbons (Fsp3) is 0.409. The highest BCUT2D eigenvalue weighted by Gasteiger charge is 2.23. The average molecular weight is 380 g/mol. The molecule has 4 nitrogen and oxygen atoms in total. The van der Waals surface area contributed by atoms with Gasteiger partial charge in [-0.2, -0.15) is 5.26 Å². The number of anilines is 1.